The van der Waals surface area contributed by atoms with Crippen LogP contribution in [0.15, 0.2) is 48.5 Å². The van der Waals surface area contributed by atoms with Crippen molar-refractivity contribution in [1.82, 2.24) is 0 Å². The van der Waals surface area contributed by atoms with E-state index in [0.717, 1.165) is 5.56 Å². The Morgan fingerprint density at radius 1 is 1.04 bits per heavy atom. The van der Waals surface area contributed by atoms with Crippen LogP contribution in [0.1, 0.15) is 37.5 Å². The summed E-state index contributed by atoms with van der Waals surface area (Å²) in [5, 5.41) is 9.57. The summed E-state index contributed by atoms with van der Waals surface area (Å²) >= 11 is 0. The lowest BCUT2D eigenvalue weighted by molar-refractivity contribution is -0.130. The van der Waals surface area contributed by atoms with E-state index in [1.165, 1.54) is 12.7 Å². The maximum Gasteiger partial charge on any atom is 0.336 e. The van der Waals surface area contributed by atoms with E-state index in [9.17, 15) is 9.90 Å². The summed E-state index contributed by atoms with van der Waals surface area (Å²) in [6.07, 6.45) is 1.67. The van der Waals surface area contributed by atoms with Crippen LogP contribution >= 0.6 is 0 Å². The molecule has 0 aromatic heterocycles. The van der Waals surface area contributed by atoms with Gasteiger partial charge in [0.25, 0.3) is 0 Å². The molecule has 0 spiro atoms. The largest absolute Gasteiger partial charge is 0.496 e. The topological polar surface area (TPSA) is 46.5 Å². The number of benzene rings is 2. The van der Waals surface area contributed by atoms with Gasteiger partial charge in [0.05, 0.1) is 12.7 Å². The number of aliphatic carboxylic acids is 1. The van der Waals surface area contributed by atoms with Crippen LogP contribution in [0.3, 0.4) is 0 Å². The van der Waals surface area contributed by atoms with Crippen molar-refractivity contribution in [3.05, 3.63) is 65.2 Å². The summed E-state index contributed by atoms with van der Waals surface area (Å²) in [5.41, 5.74) is 2.92. The molecule has 0 heterocycles. The van der Waals surface area contributed by atoms with Crippen LogP contribution in [0.4, 0.5) is 0 Å². The molecule has 0 unspecified atom stereocenters. The third kappa shape index (κ3) is 4.01. The third-order valence-corrected chi connectivity index (χ3v) is 3.72. The van der Waals surface area contributed by atoms with Gasteiger partial charge in [-0.25, -0.2) is 4.79 Å². The highest BCUT2D eigenvalue weighted by atomic mass is 16.5. The van der Waals surface area contributed by atoms with Crippen LogP contribution in [0.5, 0.6) is 5.75 Å². The number of ether oxygens (including phenoxy) is 1. The monoisotopic (exact) mass is 310 g/mol. The number of para-hydroxylation sites is 1. The Labute approximate surface area is 137 Å². The summed E-state index contributed by atoms with van der Waals surface area (Å²) in [4.78, 5) is 11.7. The van der Waals surface area contributed by atoms with E-state index >= 15 is 0 Å². The normalized spacial score (nSPS) is 12.1. The second-order valence-electron chi connectivity index (χ2n) is 6.44. The van der Waals surface area contributed by atoms with Gasteiger partial charge in [-0.05, 0) is 28.7 Å². The zero-order chi connectivity index (χ0) is 17.0. The Balaban J connectivity index is 2.46. The Morgan fingerprint density at radius 2 is 1.65 bits per heavy atom. The minimum Gasteiger partial charge on any atom is -0.496 e. The van der Waals surface area contributed by atoms with Crippen LogP contribution in [0.25, 0.3) is 11.6 Å². The minimum absolute atomic E-state index is 0.0700. The van der Waals surface area contributed by atoms with Crippen molar-refractivity contribution in [1.29, 1.82) is 0 Å². The zero-order valence-electron chi connectivity index (χ0n) is 14.0. The van der Waals surface area contributed by atoms with E-state index in [0.29, 0.717) is 11.3 Å². The molecule has 0 atom stereocenters. The molecule has 0 saturated carbocycles. The molecule has 23 heavy (non-hydrogen) atoms. The molecule has 1 N–H and O–H groups in total. The third-order valence-electron chi connectivity index (χ3n) is 3.72. The molecule has 3 nitrogen and oxygen atoms in total. The quantitative estimate of drug-likeness (QED) is 0.662. The van der Waals surface area contributed by atoms with Crippen LogP contribution in [-0.4, -0.2) is 18.2 Å². The number of carbonyl (C=O) groups is 1. The molecule has 0 radical (unpaired) electrons. The Hall–Kier alpha value is -2.55. The molecule has 0 amide bonds. The predicted octanol–water partition coefficient (Wildman–Crippen LogP) is 4.62. The number of methoxy groups -OCH3 is 1. The first-order chi connectivity index (χ1) is 10.8. The molecule has 2 rings (SSSR count). The summed E-state index contributed by atoms with van der Waals surface area (Å²) in [6, 6.07) is 15.1. The van der Waals surface area contributed by atoms with Gasteiger partial charge in [-0.1, -0.05) is 63.2 Å². The first kappa shape index (κ1) is 16.8. The van der Waals surface area contributed by atoms with Crippen molar-refractivity contribution < 1.29 is 14.6 Å². The predicted molar refractivity (Wildman–Crippen MR) is 93.6 cm³/mol. The van der Waals surface area contributed by atoms with Gasteiger partial charge in [0, 0.05) is 5.56 Å². The van der Waals surface area contributed by atoms with Gasteiger partial charge in [-0.2, -0.15) is 0 Å². The Bertz CT molecular complexity index is 719. The van der Waals surface area contributed by atoms with Crippen LogP contribution in [0, 0.1) is 0 Å². The molecule has 0 aliphatic carbocycles. The highest BCUT2D eigenvalue weighted by molar-refractivity contribution is 6.21. The number of hydrogen-bond acceptors (Lipinski definition) is 2. The average molecular weight is 310 g/mol. The van der Waals surface area contributed by atoms with Crippen molar-refractivity contribution in [2.45, 2.75) is 26.2 Å². The van der Waals surface area contributed by atoms with Crippen molar-refractivity contribution >= 4 is 17.6 Å². The van der Waals surface area contributed by atoms with Gasteiger partial charge in [0.1, 0.15) is 5.75 Å². The molecule has 0 saturated heterocycles. The van der Waals surface area contributed by atoms with E-state index < -0.39 is 5.97 Å². The molecule has 0 fully saturated rings. The molecule has 0 bridgehead atoms. The lowest BCUT2D eigenvalue weighted by atomic mass is 9.86. The molecule has 0 aliphatic rings. The SMILES string of the molecule is COc1ccccc1/C(=C/c1ccc(C(C)(C)C)cc1)C(=O)O. The van der Waals surface area contributed by atoms with Gasteiger partial charge in [0.15, 0.2) is 0 Å². The van der Waals surface area contributed by atoms with Gasteiger partial charge < -0.3 is 9.84 Å². The van der Waals surface area contributed by atoms with Crippen LogP contribution in [0.2, 0.25) is 0 Å². The molecule has 2 aromatic rings. The number of carboxylic acids is 1. The fourth-order valence-electron chi connectivity index (χ4n) is 2.37. The molecule has 120 valence electrons. The van der Waals surface area contributed by atoms with Gasteiger partial charge in [-0.3, -0.25) is 0 Å². The van der Waals surface area contributed by atoms with Crippen LogP contribution < -0.4 is 4.74 Å². The summed E-state index contributed by atoms with van der Waals surface area (Å²) in [5.74, 6) is -0.429. The number of hydrogen-bond donors (Lipinski definition) is 1. The highest BCUT2D eigenvalue weighted by Crippen LogP contribution is 2.28. The summed E-state index contributed by atoms with van der Waals surface area (Å²) < 4.78 is 5.27. The van der Waals surface area contributed by atoms with Crippen molar-refractivity contribution in [2.24, 2.45) is 0 Å². The van der Waals surface area contributed by atoms with Gasteiger partial charge >= 0.3 is 5.97 Å². The lowest BCUT2D eigenvalue weighted by Gasteiger charge is -2.18. The minimum atomic E-state index is -0.977. The average Bonchev–Trinajstić information content (AvgIpc) is 2.52. The maximum atomic E-state index is 11.7. The van der Waals surface area contributed by atoms with E-state index in [2.05, 4.69) is 20.8 Å². The van der Waals surface area contributed by atoms with Gasteiger partial charge in [0.2, 0.25) is 0 Å². The second kappa shape index (κ2) is 6.69. The molecule has 0 aliphatic heterocycles. The Kier molecular flexibility index (Phi) is 4.89. The van der Waals surface area contributed by atoms with Crippen molar-refractivity contribution in [3.63, 3.8) is 0 Å². The number of carboxylic acid groups (broad SMARTS) is 1. The van der Waals surface area contributed by atoms with E-state index in [1.807, 2.05) is 30.3 Å². The fourth-order valence-corrected chi connectivity index (χ4v) is 2.37. The summed E-state index contributed by atoms with van der Waals surface area (Å²) in [7, 11) is 1.54. The van der Waals surface area contributed by atoms with E-state index in [1.54, 1.807) is 24.3 Å². The van der Waals surface area contributed by atoms with Crippen molar-refractivity contribution in [3.8, 4) is 5.75 Å². The smallest absolute Gasteiger partial charge is 0.336 e. The first-order valence-corrected chi connectivity index (χ1v) is 7.52. The van der Waals surface area contributed by atoms with Gasteiger partial charge in [-0.15, -0.1) is 0 Å². The fraction of sp³-hybridized carbons (Fsp3) is 0.250. The molecule has 2 aromatic carbocycles. The standard InChI is InChI=1S/C20H22O3/c1-20(2,3)15-11-9-14(10-12-15)13-17(19(21)22)16-7-5-6-8-18(16)23-4/h5-13H,1-4H3,(H,21,22)/b17-13-. The lowest BCUT2D eigenvalue weighted by Crippen LogP contribution is -2.10. The van der Waals surface area contributed by atoms with Crippen molar-refractivity contribution in [2.75, 3.05) is 7.11 Å². The molecular weight excluding hydrogens is 288 g/mol. The zero-order valence-corrected chi connectivity index (χ0v) is 14.0. The Morgan fingerprint density at radius 3 is 2.17 bits per heavy atom. The van der Waals surface area contributed by atoms with E-state index in [4.69, 9.17) is 4.74 Å². The molecule has 3 heteroatoms. The van der Waals surface area contributed by atoms with E-state index in [-0.39, 0.29) is 11.0 Å². The summed E-state index contributed by atoms with van der Waals surface area (Å²) in [6.45, 7) is 6.44. The van der Waals surface area contributed by atoms with Crippen LogP contribution in [-0.2, 0) is 10.2 Å². The number of rotatable bonds is 4. The maximum absolute atomic E-state index is 11.7. The molecular formula is C20H22O3. The second-order valence-corrected chi connectivity index (χ2v) is 6.44. The first-order valence-electron chi connectivity index (χ1n) is 7.52. The highest BCUT2D eigenvalue weighted by Gasteiger charge is 2.16.